The zero-order valence-corrected chi connectivity index (χ0v) is 14.3. The van der Waals surface area contributed by atoms with Gasteiger partial charge in [0, 0.05) is 22.5 Å². The van der Waals surface area contributed by atoms with Crippen LogP contribution in [0.5, 0.6) is 0 Å². The minimum Gasteiger partial charge on any atom is -0.399 e. The molecule has 5 N–H and O–H groups in total. The number of nitrogens with two attached hydrogens (primary N) is 2. The largest absolute Gasteiger partial charge is 0.399 e. The molecule has 3 aromatic rings. The third kappa shape index (κ3) is 2.41. The number of ketones is 2. The summed E-state index contributed by atoms with van der Waals surface area (Å²) in [5.41, 5.74) is 15.0. The normalized spacial score (nSPS) is 12.5. The minimum absolute atomic E-state index is 0.177. The van der Waals surface area contributed by atoms with E-state index >= 15 is 0 Å². The Balaban J connectivity index is 1.83. The highest BCUT2D eigenvalue weighted by Gasteiger charge is 2.33. The lowest BCUT2D eigenvalue weighted by atomic mass is 9.83. The van der Waals surface area contributed by atoms with E-state index in [0.29, 0.717) is 16.9 Å². The van der Waals surface area contributed by atoms with E-state index < -0.39 is 0 Å². The van der Waals surface area contributed by atoms with Gasteiger partial charge in [0.25, 0.3) is 0 Å². The first-order valence-electron chi connectivity index (χ1n) is 7.90. The van der Waals surface area contributed by atoms with Crippen LogP contribution in [0.4, 0.5) is 22.7 Å². The van der Waals surface area contributed by atoms with Crippen LogP contribution in [0.1, 0.15) is 31.8 Å². The van der Waals surface area contributed by atoms with Crippen LogP contribution in [0.15, 0.2) is 54.6 Å². The van der Waals surface area contributed by atoms with Crippen molar-refractivity contribution in [2.24, 2.45) is 0 Å². The summed E-state index contributed by atoms with van der Waals surface area (Å²) in [6, 6.07) is 15.2. The molecule has 0 bridgehead atoms. The quantitative estimate of drug-likeness (QED) is 0.467. The smallest absolute Gasteiger partial charge is 0.198 e. The SMILES string of the molecule is Nc1ccc(Nc2ccc3c(c2N)C(=O)c2c(Cl)cccc2C3=O)cc1. The van der Waals surface area contributed by atoms with Crippen molar-refractivity contribution in [3.05, 3.63) is 81.9 Å². The predicted molar refractivity (Wildman–Crippen MR) is 103 cm³/mol. The van der Waals surface area contributed by atoms with Gasteiger partial charge in [-0.15, -0.1) is 0 Å². The molecular weight excluding hydrogens is 350 g/mol. The third-order valence-electron chi connectivity index (χ3n) is 4.39. The fourth-order valence-corrected chi connectivity index (χ4v) is 3.36. The monoisotopic (exact) mass is 363 g/mol. The zero-order valence-electron chi connectivity index (χ0n) is 13.5. The van der Waals surface area contributed by atoms with E-state index in [0.717, 1.165) is 5.69 Å². The van der Waals surface area contributed by atoms with Crippen molar-refractivity contribution in [3.8, 4) is 0 Å². The van der Waals surface area contributed by atoms with E-state index in [9.17, 15) is 9.59 Å². The van der Waals surface area contributed by atoms with Crippen molar-refractivity contribution in [3.63, 3.8) is 0 Å². The van der Waals surface area contributed by atoms with E-state index in [1.54, 1.807) is 54.6 Å². The number of hydrogen-bond acceptors (Lipinski definition) is 5. The minimum atomic E-state index is -0.348. The Morgan fingerprint density at radius 3 is 2.19 bits per heavy atom. The molecule has 0 unspecified atom stereocenters. The molecule has 1 aliphatic carbocycles. The Kier molecular flexibility index (Phi) is 3.67. The first-order valence-corrected chi connectivity index (χ1v) is 8.28. The second-order valence-corrected chi connectivity index (χ2v) is 6.42. The maximum Gasteiger partial charge on any atom is 0.198 e. The van der Waals surface area contributed by atoms with Crippen LogP contribution in [0.25, 0.3) is 0 Å². The molecule has 0 amide bonds. The number of nitrogens with one attached hydrogen (secondary N) is 1. The van der Waals surface area contributed by atoms with Gasteiger partial charge in [-0.05, 0) is 42.5 Å². The summed E-state index contributed by atoms with van der Waals surface area (Å²) in [7, 11) is 0. The number of fused-ring (bicyclic) bond motifs is 2. The highest BCUT2D eigenvalue weighted by atomic mass is 35.5. The molecule has 0 fully saturated rings. The number of benzene rings is 3. The van der Waals surface area contributed by atoms with Gasteiger partial charge < -0.3 is 16.8 Å². The molecule has 0 saturated heterocycles. The first-order chi connectivity index (χ1) is 12.5. The van der Waals surface area contributed by atoms with Crippen molar-refractivity contribution in [2.75, 3.05) is 16.8 Å². The highest BCUT2D eigenvalue weighted by Crippen LogP contribution is 2.38. The van der Waals surface area contributed by atoms with Crippen LogP contribution < -0.4 is 16.8 Å². The lowest BCUT2D eigenvalue weighted by Gasteiger charge is -2.21. The van der Waals surface area contributed by atoms with Gasteiger partial charge in [0.1, 0.15) is 0 Å². The van der Waals surface area contributed by atoms with Gasteiger partial charge in [-0.1, -0.05) is 23.7 Å². The summed E-state index contributed by atoms with van der Waals surface area (Å²) in [6.07, 6.45) is 0. The van der Waals surface area contributed by atoms with Gasteiger partial charge in [0.2, 0.25) is 0 Å². The topological polar surface area (TPSA) is 98.2 Å². The van der Waals surface area contributed by atoms with Crippen molar-refractivity contribution < 1.29 is 9.59 Å². The Labute approximate surface area is 154 Å². The number of nitrogen functional groups attached to an aromatic ring is 2. The number of hydrogen-bond donors (Lipinski definition) is 3. The van der Waals surface area contributed by atoms with Gasteiger partial charge in [-0.3, -0.25) is 9.59 Å². The van der Waals surface area contributed by atoms with Gasteiger partial charge in [-0.25, -0.2) is 0 Å². The van der Waals surface area contributed by atoms with Crippen LogP contribution in [-0.4, -0.2) is 11.6 Å². The summed E-state index contributed by atoms with van der Waals surface area (Å²) in [5, 5.41) is 3.39. The molecule has 0 saturated carbocycles. The zero-order chi connectivity index (χ0) is 18.4. The van der Waals surface area contributed by atoms with Gasteiger partial charge in [0.05, 0.1) is 27.5 Å². The lowest BCUT2D eigenvalue weighted by Crippen LogP contribution is -2.23. The molecule has 0 spiro atoms. The van der Waals surface area contributed by atoms with Crippen LogP contribution in [0.2, 0.25) is 5.02 Å². The summed E-state index contributed by atoms with van der Waals surface area (Å²) < 4.78 is 0. The fraction of sp³-hybridized carbons (Fsp3) is 0. The Bertz CT molecular complexity index is 1080. The summed E-state index contributed by atoms with van der Waals surface area (Å²) in [6.45, 7) is 0. The van der Waals surface area contributed by atoms with Gasteiger partial charge in [-0.2, -0.15) is 0 Å². The maximum absolute atomic E-state index is 13.0. The van der Waals surface area contributed by atoms with Gasteiger partial charge in [0.15, 0.2) is 11.6 Å². The molecule has 0 heterocycles. The van der Waals surface area contributed by atoms with Crippen LogP contribution in [0.3, 0.4) is 0 Å². The first kappa shape index (κ1) is 16.2. The van der Waals surface area contributed by atoms with E-state index in [4.69, 9.17) is 23.1 Å². The molecule has 3 aromatic carbocycles. The summed E-state index contributed by atoms with van der Waals surface area (Å²) >= 11 is 6.16. The number of carbonyl (C=O) groups is 2. The van der Waals surface area contributed by atoms with E-state index in [1.807, 2.05) is 0 Å². The lowest BCUT2D eigenvalue weighted by molar-refractivity contribution is 0.0980. The Hall–Kier alpha value is -3.31. The molecule has 0 aliphatic heterocycles. The third-order valence-corrected chi connectivity index (χ3v) is 4.71. The molecule has 4 rings (SSSR count). The van der Waals surface area contributed by atoms with E-state index in [-0.39, 0.29) is 39.0 Å². The number of anilines is 4. The molecule has 128 valence electrons. The standard InChI is InChI=1S/C20H14ClN3O2/c21-14-3-1-2-12-16(14)20(26)17-13(19(12)25)8-9-15(18(17)23)24-11-6-4-10(22)5-7-11/h1-9,24H,22-23H2. The summed E-state index contributed by atoms with van der Waals surface area (Å²) in [4.78, 5) is 25.7. The molecule has 5 nitrogen and oxygen atoms in total. The van der Waals surface area contributed by atoms with E-state index in [2.05, 4.69) is 5.32 Å². The van der Waals surface area contributed by atoms with Crippen molar-refractivity contribution >= 4 is 45.9 Å². The molecule has 0 aromatic heterocycles. The van der Waals surface area contributed by atoms with Crippen LogP contribution in [-0.2, 0) is 0 Å². The average molecular weight is 364 g/mol. The molecule has 1 aliphatic rings. The Morgan fingerprint density at radius 2 is 1.46 bits per heavy atom. The molecule has 0 atom stereocenters. The van der Waals surface area contributed by atoms with Crippen molar-refractivity contribution in [2.45, 2.75) is 0 Å². The average Bonchev–Trinajstić information content (AvgIpc) is 2.63. The fourth-order valence-electron chi connectivity index (χ4n) is 3.10. The number of carbonyl (C=O) groups excluding carboxylic acids is 2. The van der Waals surface area contributed by atoms with Crippen LogP contribution >= 0.6 is 11.6 Å². The summed E-state index contributed by atoms with van der Waals surface area (Å²) in [5.74, 6) is -0.610. The maximum atomic E-state index is 13.0. The van der Waals surface area contributed by atoms with E-state index in [1.165, 1.54) is 0 Å². The Morgan fingerprint density at radius 1 is 0.769 bits per heavy atom. The van der Waals surface area contributed by atoms with Crippen molar-refractivity contribution in [1.29, 1.82) is 0 Å². The molecule has 0 radical (unpaired) electrons. The molecular formula is C20H14ClN3O2. The number of rotatable bonds is 2. The second-order valence-electron chi connectivity index (χ2n) is 6.02. The second kappa shape index (κ2) is 5.89. The van der Waals surface area contributed by atoms with Crippen molar-refractivity contribution in [1.82, 2.24) is 0 Å². The highest BCUT2D eigenvalue weighted by molar-refractivity contribution is 6.39. The van der Waals surface area contributed by atoms with Gasteiger partial charge >= 0.3 is 0 Å². The molecule has 6 heteroatoms. The predicted octanol–water partition coefficient (Wildman–Crippen LogP) is 4.02. The molecule has 26 heavy (non-hydrogen) atoms. The number of halogens is 1. The van der Waals surface area contributed by atoms with Crippen LogP contribution in [0, 0.1) is 0 Å².